The molecule has 1 aromatic carbocycles. The summed E-state index contributed by atoms with van der Waals surface area (Å²) in [7, 11) is 0. The number of aryl methyl sites for hydroxylation is 1. The predicted molar refractivity (Wildman–Crippen MR) is 104 cm³/mol. The van der Waals surface area contributed by atoms with E-state index >= 15 is 0 Å². The van der Waals surface area contributed by atoms with Crippen LogP contribution in [-0.2, 0) is 9.53 Å². The zero-order chi connectivity index (χ0) is 17.8. The fraction of sp³-hybridized carbons (Fsp3) is 0.316. The van der Waals surface area contributed by atoms with E-state index in [2.05, 4.69) is 46.5 Å². The Morgan fingerprint density at radius 1 is 1.28 bits per heavy atom. The quantitative estimate of drug-likeness (QED) is 0.342. The minimum atomic E-state index is -0.210. The van der Waals surface area contributed by atoms with Gasteiger partial charge in [0, 0.05) is 10.9 Å². The molecule has 0 amide bonds. The summed E-state index contributed by atoms with van der Waals surface area (Å²) in [5, 5.41) is 3.94. The molecule has 1 unspecified atom stereocenters. The molecule has 0 radical (unpaired) electrons. The summed E-state index contributed by atoms with van der Waals surface area (Å²) < 4.78 is 5.34. The summed E-state index contributed by atoms with van der Waals surface area (Å²) in [5.41, 5.74) is 3.47. The fourth-order valence-electron chi connectivity index (χ4n) is 2.37. The smallest absolute Gasteiger partial charge is 0.316 e. The molecule has 0 fully saturated rings. The Labute approximate surface area is 155 Å². The molecule has 0 aliphatic carbocycles. The van der Waals surface area contributed by atoms with Gasteiger partial charge in [0.15, 0.2) is 0 Å². The number of hydrogen-bond donors (Lipinski definition) is 0. The highest BCUT2D eigenvalue weighted by molar-refractivity contribution is 8.00. The number of hydrogen-bond acceptors (Lipinski definition) is 6. The second-order valence-corrected chi connectivity index (χ2v) is 7.69. The zero-order valence-corrected chi connectivity index (χ0v) is 16.1. The van der Waals surface area contributed by atoms with Gasteiger partial charge in [-0.05, 0) is 25.8 Å². The van der Waals surface area contributed by atoms with Crippen molar-refractivity contribution in [2.45, 2.75) is 38.3 Å². The van der Waals surface area contributed by atoms with Crippen molar-refractivity contribution in [2.24, 2.45) is 0 Å². The van der Waals surface area contributed by atoms with Gasteiger partial charge in [0.1, 0.15) is 16.2 Å². The monoisotopic (exact) mass is 372 g/mol. The van der Waals surface area contributed by atoms with E-state index in [1.165, 1.54) is 17.3 Å². The number of esters is 1. The average Bonchev–Trinajstić information content (AvgIpc) is 3.05. The van der Waals surface area contributed by atoms with Crippen LogP contribution in [0.5, 0.6) is 0 Å². The molecule has 0 aliphatic rings. The van der Waals surface area contributed by atoms with Crippen molar-refractivity contribution in [3.05, 3.63) is 41.5 Å². The Kier molecular flexibility index (Phi) is 5.71. The van der Waals surface area contributed by atoms with E-state index in [0.717, 1.165) is 32.8 Å². The van der Waals surface area contributed by atoms with E-state index in [9.17, 15) is 4.79 Å². The molecule has 130 valence electrons. The van der Waals surface area contributed by atoms with E-state index in [1.54, 1.807) is 17.7 Å². The number of rotatable bonds is 6. The largest absolute Gasteiger partial charge is 0.462 e. The van der Waals surface area contributed by atoms with Crippen LogP contribution in [0.3, 0.4) is 0 Å². The van der Waals surface area contributed by atoms with Gasteiger partial charge in [-0.15, -0.1) is 11.3 Å². The van der Waals surface area contributed by atoms with Gasteiger partial charge in [0.05, 0.1) is 17.2 Å². The molecular weight excluding hydrogens is 352 g/mol. The second kappa shape index (κ2) is 7.97. The van der Waals surface area contributed by atoms with Crippen LogP contribution < -0.4 is 0 Å². The van der Waals surface area contributed by atoms with Crippen molar-refractivity contribution in [3.8, 4) is 11.1 Å². The zero-order valence-electron chi connectivity index (χ0n) is 14.5. The highest BCUT2D eigenvalue weighted by Crippen LogP contribution is 2.37. The van der Waals surface area contributed by atoms with Crippen molar-refractivity contribution >= 4 is 39.3 Å². The number of nitrogens with zero attached hydrogens (tertiary/aromatic N) is 2. The normalized spacial score (nSPS) is 12.3. The topological polar surface area (TPSA) is 52.1 Å². The molecule has 6 heteroatoms. The lowest BCUT2D eigenvalue weighted by molar-refractivity contribution is -0.144. The number of carbonyl (C=O) groups is 1. The van der Waals surface area contributed by atoms with Gasteiger partial charge in [-0.2, -0.15) is 0 Å². The molecule has 0 spiro atoms. The highest BCUT2D eigenvalue weighted by Gasteiger charge is 2.15. The molecule has 0 bridgehead atoms. The number of ether oxygens (including phenoxy) is 1. The summed E-state index contributed by atoms with van der Waals surface area (Å²) in [4.78, 5) is 21.7. The summed E-state index contributed by atoms with van der Waals surface area (Å²) in [6, 6.07) is 8.41. The molecule has 1 atom stereocenters. The fourth-order valence-corrected chi connectivity index (χ4v) is 4.15. The standard InChI is InChI=1S/C19H20N2O2S2/c1-4-13(3)23-16(22)10-25-19-17-15(9-24-18(17)20-11-21-19)14-7-5-12(2)6-8-14/h5-9,11,13H,4,10H2,1-3H3. The molecule has 0 aliphatic heterocycles. The third-order valence-corrected chi connectivity index (χ3v) is 5.78. The van der Waals surface area contributed by atoms with Crippen LogP contribution in [0, 0.1) is 6.92 Å². The number of aromatic nitrogens is 2. The summed E-state index contributed by atoms with van der Waals surface area (Å²) in [5.74, 6) is 0.0397. The molecule has 3 rings (SSSR count). The number of thioether (sulfide) groups is 1. The predicted octanol–water partition coefficient (Wildman–Crippen LogP) is 5.10. The molecule has 25 heavy (non-hydrogen) atoms. The molecule has 2 aromatic heterocycles. The van der Waals surface area contributed by atoms with Crippen molar-refractivity contribution in [1.82, 2.24) is 9.97 Å². The van der Waals surface area contributed by atoms with Crippen LogP contribution in [0.4, 0.5) is 0 Å². The molecular formula is C19H20N2O2S2. The lowest BCUT2D eigenvalue weighted by atomic mass is 10.1. The maximum Gasteiger partial charge on any atom is 0.316 e. The van der Waals surface area contributed by atoms with Crippen molar-refractivity contribution < 1.29 is 9.53 Å². The van der Waals surface area contributed by atoms with E-state index in [-0.39, 0.29) is 17.8 Å². The summed E-state index contributed by atoms with van der Waals surface area (Å²) >= 11 is 3.00. The highest BCUT2D eigenvalue weighted by atomic mass is 32.2. The van der Waals surface area contributed by atoms with Crippen LogP contribution in [0.2, 0.25) is 0 Å². The van der Waals surface area contributed by atoms with E-state index < -0.39 is 0 Å². The summed E-state index contributed by atoms with van der Waals surface area (Å²) in [6.45, 7) is 5.97. The molecule has 3 aromatic rings. The van der Waals surface area contributed by atoms with Crippen LogP contribution in [0.15, 0.2) is 41.0 Å². The van der Waals surface area contributed by atoms with Gasteiger partial charge in [-0.3, -0.25) is 4.79 Å². The Morgan fingerprint density at radius 3 is 2.76 bits per heavy atom. The first-order valence-corrected chi connectivity index (χ1v) is 10.1. The summed E-state index contributed by atoms with van der Waals surface area (Å²) in [6.07, 6.45) is 2.32. The van der Waals surface area contributed by atoms with Crippen molar-refractivity contribution in [3.63, 3.8) is 0 Å². The molecule has 4 nitrogen and oxygen atoms in total. The van der Waals surface area contributed by atoms with Crippen molar-refractivity contribution in [2.75, 3.05) is 5.75 Å². The first kappa shape index (κ1) is 17.9. The molecule has 0 saturated carbocycles. The third kappa shape index (κ3) is 4.19. The van der Waals surface area contributed by atoms with Gasteiger partial charge < -0.3 is 4.74 Å². The lowest BCUT2D eigenvalue weighted by Crippen LogP contribution is -2.15. The maximum absolute atomic E-state index is 12.0. The Bertz CT molecular complexity index is 875. The first-order chi connectivity index (χ1) is 12.1. The minimum Gasteiger partial charge on any atom is -0.462 e. The second-order valence-electron chi connectivity index (χ2n) is 5.87. The Hall–Kier alpha value is -1.92. The molecule has 0 saturated heterocycles. The van der Waals surface area contributed by atoms with Crippen molar-refractivity contribution in [1.29, 1.82) is 0 Å². The van der Waals surface area contributed by atoms with E-state index in [4.69, 9.17) is 4.74 Å². The SMILES string of the molecule is CCC(C)OC(=O)CSc1ncnc2scc(-c3ccc(C)cc3)c12. The average molecular weight is 373 g/mol. The first-order valence-electron chi connectivity index (χ1n) is 8.20. The Balaban J connectivity index is 1.87. The third-order valence-electron chi connectivity index (χ3n) is 3.93. The van der Waals surface area contributed by atoms with Crippen LogP contribution in [0.25, 0.3) is 21.3 Å². The van der Waals surface area contributed by atoms with Gasteiger partial charge >= 0.3 is 5.97 Å². The van der Waals surface area contributed by atoms with Gasteiger partial charge in [0.25, 0.3) is 0 Å². The number of benzene rings is 1. The van der Waals surface area contributed by atoms with Gasteiger partial charge in [0.2, 0.25) is 0 Å². The van der Waals surface area contributed by atoms with Crippen LogP contribution in [-0.4, -0.2) is 27.8 Å². The minimum absolute atomic E-state index is 0.0530. The molecule has 2 heterocycles. The van der Waals surface area contributed by atoms with Crippen LogP contribution in [0.1, 0.15) is 25.8 Å². The number of fused-ring (bicyclic) bond motifs is 1. The van der Waals surface area contributed by atoms with E-state index in [0.29, 0.717) is 0 Å². The van der Waals surface area contributed by atoms with Crippen LogP contribution >= 0.6 is 23.1 Å². The van der Waals surface area contributed by atoms with Gasteiger partial charge in [-0.25, -0.2) is 9.97 Å². The number of thiophene rings is 1. The molecule has 0 N–H and O–H groups in total. The Morgan fingerprint density at radius 2 is 2.04 bits per heavy atom. The maximum atomic E-state index is 12.0. The van der Waals surface area contributed by atoms with Gasteiger partial charge in [-0.1, -0.05) is 48.5 Å². The number of carbonyl (C=O) groups excluding carboxylic acids is 1. The lowest BCUT2D eigenvalue weighted by Gasteiger charge is -2.10. The van der Waals surface area contributed by atoms with E-state index in [1.807, 2.05) is 13.8 Å².